The van der Waals surface area contributed by atoms with Crippen LogP contribution >= 0.6 is 22.9 Å². The van der Waals surface area contributed by atoms with Crippen molar-refractivity contribution in [3.8, 4) is 0 Å². The summed E-state index contributed by atoms with van der Waals surface area (Å²) in [5.74, 6) is 0.747. The van der Waals surface area contributed by atoms with E-state index in [9.17, 15) is 4.79 Å². The van der Waals surface area contributed by atoms with Crippen molar-refractivity contribution in [1.82, 2.24) is 15.0 Å². The molecule has 0 saturated heterocycles. The maximum Gasteiger partial charge on any atom is 0.226 e. The largest absolute Gasteiger partial charge is 0.342 e. The van der Waals surface area contributed by atoms with Crippen molar-refractivity contribution in [3.05, 3.63) is 76.0 Å². The van der Waals surface area contributed by atoms with E-state index in [0.717, 1.165) is 38.7 Å². The van der Waals surface area contributed by atoms with Gasteiger partial charge in [0.1, 0.15) is 5.82 Å². The van der Waals surface area contributed by atoms with Gasteiger partial charge in [-0.25, -0.2) is 9.97 Å². The van der Waals surface area contributed by atoms with E-state index in [4.69, 9.17) is 11.6 Å². The molecule has 0 atom stereocenters. The van der Waals surface area contributed by atoms with Crippen LogP contribution < -0.4 is 5.32 Å². The Labute approximate surface area is 165 Å². The topological polar surface area (TPSA) is 70.7 Å². The minimum absolute atomic E-state index is 0.0668. The van der Waals surface area contributed by atoms with E-state index in [0.29, 0.717) is 18.0 Å². The molecule has 4 aromatic rings. The van der Waals surface area contributed by atoms with Gasteiger partial charge in [0.05, 0.1) is 11.0 Å². The predicted molar refractivity (Wildman–Crippen MR) is 109 cm³/mol. The van der Waals surface area contributed by atoms with Gasteiger partial charge in [0.25, 0.3) is 0 Å². The van der Waals surface area contributed by atoms with E-state index >= 15 is 0 Å². The van der Waals surface area contributed by atoms with E-state index in [2.05, 4.69) is 20.3 Å². The average molecular weight is 397 g/mol. The van der Waals surface area contributed by atoms with Crippen LogP contribution in [-0.2, 0) is 17.6 Å². The highest BCUT2D eigenvalue weighted by atomic mass is 35.5. The third kappa shape index (κ3) is 4.53. The van der Waals surface area contributed by atoms with Gasteiger partial charge in [-0.1, -0.05) is 35.9 Å². The first-order valence-electron chi connectivity index (χ1n) is 8.58. The lowest BCUT2D eigenvalue weighted by atomic mass is 10.1. The molecule has 2 heterocycles. The van der Waals surface area contributed by atoms with Crippen LogP contribution in [0.25, 0.3) is 11.0 Å². The van der Waals surface area contributed by atoms with Gasteiger partial charge in [0, 0.05) is 35.4 Å². The van der Waals surface area contributed by atoms with Crippen LogP contribution in [0, 0.1) is 0 Å². The summed E-state index contributed by atoms with van der Waals surface area (Å²) >= 11 is 7.40. The number of halogens is 1. The molecular weight excluding hydrogens is 380 g/mol. The zero-order valence-corrected chi connectivity index (χ0v) is 16.0. The normalized spacial score (nSPS) is 11.0. The molecule has 2 aromatic carbocycles. The van der Waals surface area contributed by atoms with Crippen molar-refractivity contribution in [2.45, 2.75) is 19.3 Å². The molecule has 1 amide bonds. The Kier molecular flexibility index (Phi) is 5.18. The van der Waals surface area contributed by atoms with Crippen LogP contribution in [0.5, 0.6) is 0 Å². The zero-order valence-electron chi connectivity index (χ0n) is 14.4. The number of aromatic nitrogens is 3. The third-order valence-electron chi connectivity index (χ3n) is 4.12. The van der Waals surface area contributed by atoms with Crippen molar-refractivity contribution < 1.29 is 4.79 Å². The number of imidazole rings is 1. The zero-order chi connectivity index (χ0) is 18.6. The molecule has 0 radical (unpaired) electrons. The van der Waals surface area contributed by atoms with Crippen LogP contribution in [0.15, 0.2) is 54.7 Å². The van der Waals surface area contributed by atoms with Crippen molar-refractivity contribution in [2.75, 3.05) is 5.32 Å². The number of carbonyl (C=O) groups is 1. The van der Waals surface area contributed by atoms with Crippen molar-refractivity contribution in [3.63, 3.8) is 0 Å². The first-order chi connectivity index (χ1) is 13.2. The molecule has 4 rings (SSSR count). The molecule has 5 nitrogen and oxygen atoms in total. The lowest BCUT2D eigenvalue weighted by Crippen LogP contribution is -2.12. The molecule has 2 N–H and O–H groups in total. The highest BCUT2D eigenvalue weighted by molar-refractivity contribution is 7.15. The van der Waals surface area contributed by atoms with Gasteiger partial charge in [0.15, 0.2) is 5.13 Å². The number of carbonyl (C=O) groups excluding carboxylic acids is 1. The summed E-state index contributed by atoms with van der Waals surface area (Å²) in [6, 6.07) is 15.6. The molecule has 0 aliphatic heterocycles. The highest BCUT2D eigenvalue weighted by Crippen LogP contribution is 2.22. The first kappa shape index (κ1) is 17.7. The summed E-state index contributed by atoms with van der Waals surface area (Å²) in [6.07, 6.45) is 3.48. The van der Waals surface area contributed by atoms with E-state index < -0.39 is 0 Å². The maximum absolute atomic E-state index is 12.2. The number of amides is 1. The van der Waals surface area contributed by atoms with Crippen LogP contribution in [0.2, 0.25) is 5.02 Å². The highest BCUT2D eigenvalue weighted by Gasteiger charge is 2.09. The standard InChI is InChI=1S/C20H17ClN4OS/c21-14-7-5-13(6-8-14)11-15-12-22-20(27-15)25-19(26)10-9-18-23-16-3-1-2-4-17(16)24-18/h1-8,12H,9-11H2,(H,23,24)(H,22,25,26). The second kappa shape index (κ2) is 7.90. The molecular formula is C20H17ClN4OS. The molecule has 0 spiro atoms. The Morgan fingerprint density at radius 2 is 1.96 bits per heavy atom. The Balaban J connectivity index is 1.31. The lowest BCUT2D eigenvalue weighted by molar-refractivity contribution is -0.116. The van der Waals surface area contributed by atoms with E-state index in [1.54, 1.807) is 6.20 Å². The van der Waals surface area contributed by atoms with Gasteiger partial charge in [-0.2, -0.15) is 0 Å². The number of aromatic amines is 1. The number of aryl methyl sites for hydroxylation is 1. The summed E-state index contributed by atoms with van der Waals surface area (Å²) in [5.41, 5.74) is 3.06. The summed E-state index contributed by atoms with van der Waals surface area (Å²) in [6.45, 7) is 0. The number of rotatable bonds is 6. The number of anilines is 1. The predicted octanol–water partition coefficient (Wildman–Crippen LogP) is 4.83. The maximum atomic E-state index is 12.2. The summed E-state index contributed by atoms with van der Waals surface area (Å²) < 4.78 is 0. The minimum atomic E-state index is -0.0668. The Morgan fingerprint density at radius 1 is 1.15 bits per heavy atom. The fourth-order valence-electron chi connectivity index (χ4n) is 2.79. The van der Waals surface area contributed by atoms with E-state index in [1.807, 2.05) is 48.5 Å². The monoisotopic (exact) mass is 396 g/mol. The van der Waals surface area contributed by atoms with Crippen molar-refractivity contribution >= 4 is 45.0 Å². The fraction of sp³-hybridized carbons (Fsp3) is 0.150. The number of thiazole rings is 1. The number of fused-ring (bicyclic) bond motifs is 1. The van der Waals surface area contributed by atoms with E-state index in [-0.39, 0.29) is 5.91 Å². The van der Waals surface area contributed by atoms with Gasteiger partial charge in [-0.3, -0.25) is 4.79 Å². The Morgan fingerprint density at radius 3 is 2.78 bits per heavy atom. The number of para-hydroxylation sites is 2. The number of benzene rings is 2. The molecule has 136 valence electrons. The van der Waals surface area contributed by atoms with E-state index in [1.165, 1.54) is 11.3 Å². The Hall–Kier alpha value is -2.70. The molecule has 0 unspecified atom stereocenters. The number of hydrogen-bond donors (Lipinski definition) is 2. The summed E-state index contributed by atoms with van der Waals surface area (Å²) in [7, 11) is 0. The van der Waals surface area contributed by atoms with Crippen LogP contribution in [-0.4, -0.2) is 20.9 Å². The molecule has 0 bridgehead atoms. The number of hydrogen-bond acceptors (Lipinski definition) is 4. The average Bonchev–Trinajstić information content (AvgIpc) is 3.28. The van der Waals surface area contributed by atoms with Gasteiger partial charge < -0.3 is 10.3 Å². The molecule has 0 aliphatic rings. The molecule has 2 aromatic heterocycles. The summed E-state index contributed by atoms with van der Waals surface area (Å²) in [5, 5.41) is 4.21. The number of H-pyrrole nitrogens is 1. The van der Waals surface area contributed by atoms with Crippen molar-refractivity contribution in [2.24, 2.45) is 0 Å². The summed E-state index contributed by atoms with van der Waals surface area (Å²) in [4.78, 5) is 25.3. The minimum Gasteiger partial charge on any atom is -0.342 e. The molecule has 0 fully saturated rings. The molecule has 7 heteroatoms. The third-order valence-corrected chi connectivity index (χ3v) is 5.28. The second-order valence-electron chi connectivity index (χ2n) is 6.18. The second-order valence-corrected chi connectivity index (χ2v) is 7.74. The first-order valence-corrected chi connectivity index (χ1v) is 9.78. The molecule has 0 saturated carbocycles. The smallest absolute Gasteiger partial charge is 0.226 e. The fourth-order valence-corrected chi connectivity index (χ4v) is 3.78. The number of nitrogens with one attached hydrogen (secondary N) is 2. The molecule has 0 aliphatic carbocycles. The van der Waals surface area contributed by atoms with Crippen LogP contribution in [0.4, 0.5) is 5.13 Å². The Bertz CT molecular complexity index is 1040. The van der Waals surface area contributed by atoms with Gasteiger partial charge in [-0.05, 0) is 29.8 Å². The van der Waals surface area contributed by atoms with Gasteiger partial charge >= 0.3 is 0 Å². The van der Waals surface area contributed by atoms with Crippen LogP contribution in [0.1, 0.15) is 22.7 Å². The van der Waals surface area contributed by atoms with Crippen LogP contribution in [0.3, 0.4) is 0 Å². The quantitative estimate of drug-likeness (QED) is 0.490. The number of nitrogens with zero attached hydrogens (tertiary/aromatic N) is 2. The van der Waals surface area contributed by atoms with Gasteiger partial charge in [-0.15, -0.1) is 11.3 Å². The lowest BCUT2D eigenvalue weighted by Gasteiger charge is -2.00. The SMILES string of the molecule is O=C(CCc1nc2ccccc2[nH]1)Nc1ncc(Cc2ccc(Cl)cc2)s1. The van der Waals surface area contributed by atoms with Crippen molar-refractivity contribution in [1.29, 1.82) is 0 Å². The van der Waals surface area contributed by atoms with Gasteiger partial charge in [0.2, 0.25) is 5.91 Å². The molecule has 27 heavy (non-hydrogen) atoms.